The molecule has 1 unspecified atom stereocenters. The minimum Gasteiger partial charge on any atom is -0.390 e. The number of nitrogens with zero attached hydrogens (tertiary/aromatic N) is 4. The molecule has 2 aliphatic heterocycles. The zero-order valence-corrected chi connectivity index (χ0v) is 9.24. The first-order valence-electron chi connectivity index (χ1n) is 5.45. The number of aliphatic hydroxyl groups excluding tert-OH is 2. The van der Waals surface area contributed by atoms with E-state index in [4.69, 9.17) is 5.73 Å². The van der Waals surface area contributed by atoms with E-state index < -0.39 is 5.54 Å². The van der Waals surface area contributed by atoms with Gasteiger partial charge in [0.2, 0.25) is 5.95 Å². The number of anilines is 1. The maximum Gasteiger partial charge on any atom is 0.265 e. The zero-order valence-electron chi connectivity index (χ0n) is 9.24. The molecule has 90 valence electrons. The van der Waals surface area contributed by atoms with E-state index in [1.165, 1.54) is 0 Å². The van der Waals surface area contributed by atoms with Crippen molar-refractivity contribution >= 4 is 23.8 Å². The molecule has 0 aromatic carbocycles. The maximum atomic E-state index is 9.55. The highest BCUT2D eigenvalue weighted by Gasteiger charge is 2.63. The van der Waals surface area contributed by atoms with Gasteiger partial charge in [0, 0.05) is 0 Å². The zero-order chi connectivity index (χ0) is 12.1. The summed E-state index contributed by atoms with van der Waals surface area (Å²) in [6.07, 6.45) is 4.02. The second kappa shape index (κ2) is 3.22. The van der Waals surface area contributed by atoms with Crippen molar-refractivity contribution in [1.29, 1.82) is 0 Å². The number of quaternary nitrogens is 1. The van der Waals surface area contributed by atoms with Gasteiger partial charge in [-0.05, 0) is 0 Å². The summed E-state index contributed by atoms with van der Waals surface area (Å²) in [5.41, 5.74) is 5.62. The predicted octanol–water partition coefficient (Wildman–Crippen LogP) is -0.833. The second-order valence-electron chi connectivity index (χ2n) is 4.56. The molecule has 1 aromatic rings. The third-order valence-electron chi connectivity index (χ3n) is 3.91. The van der Waals surface area contributed by atoms with Gasteiger partial charge in [-0.3, -0.25) is 0 Å². The van der Waals surface area contributed by atoms with E-state index in [9.17, 15) is 10.2 Å². The van der Waals surface area contributed by atoms with E-state index in [1.807, 2.05) is 0 Å². The van der Waals surface area contributed by atoms with Crippen LogP contribution in [0.2, 0.25) is 0 Å². The Hall–Kier alpha value is -1.57. The number of nitrogen functional groups attached to an aromatic ring is 1. The molecule has 1 spiro atoms. The van der Waals surface area contributed by atoms with Crippen LogP contribution in [0.5, 0.6) is 0 Å². The van der Waals surface area contributed by atoms with Gasteiger partial charge in [0.1, 0.15) is 13.2 Å². The van der Waals surface area contributed by atoms with Gasteiger partial charge in [0.05, 0.1) is 19.2 Å². The van der Waals surface area contributed by atoms with Crippen molar-refractivity contribution in [2.24, 2.45) is 4.99 Å². The molecule has 0 radical (unpaired) electrons. The second-order valence-corrected chi connectivity index (χ2v) is 4.56. The van der Waals surface area contributed by atoms with Crippen LogP contribution in [0.25, 0.3) is 0 Å². The van der Waals surface area contributed by atoms with Gasteiger partial charge in [0.25, 0.3) is 5.82 Å². The Morgan fingerprint density at radius 1 is 1.41 bits per heavy atom. The van der Waals surface area contributed by atoms with Gasteiger partial charge < -0.3 is 15.9 Å². The normalized spacial score (nSPS) is 28.1. The van der Waals surface area contributed by atoms with Crippen LogP contribution in [0.1, 0.15) is 6.42 Å². The van der Waals surface area contributed by atoms with Gasteiger partial charge >= 0.3 is 0 Å². The summed E-state index contributed by atoms with van der Waals surface area (Å²) in [7, 11) is 0. The molecule has 17 heavy (non-hydrogen) atoms. The summed E-state index contributed by atoms with van der Waals surface area (Å²) >= 11 is 0. The van der Waals surface area contributed by atoms with E-state index in [0.29, 0.717) is 11.5 Å². The Bertz CT molecular complexity index is 494. The molecule has 1 saturated heterocycles. The largest absolute Gasteiger partial charge is 0.390 e. The first-order chi connectivity index (χ1) is 8.17. The quantitative estimate of drug-likeness (QED) is 0.581. The molecule has 2 aliphatic rings. The highest BCUT2D eigenvalue weighted by Crippen LogP contribution is 2.48. The number of nitrogens with two attached hydrogens (primary N) is 1. The lowest BCUT2D eigenvalue weighted by Gasteiger charge is -2.53. The van der Waals surface area contributed by atoms with Crippen molar-refractivity contribution < 1.29 is 10.2 Å². The minimum atomic E-state index is -0.629. The van der Waals surface area contributed by atoms with Crippen molar-refractivity contribution in [3.63, 3.8) is 0 Å². The van der Waals surface area contributed by atoms with Crippen LogP contribution in [0.3, 0.4) is 0 Å². The third kappa shape index (κ3) is 1.08. The fraction of sp³-hybridized carbons (Fsp3) is 0.500. The van der Waals surface area contributed by atoms with Crippen LogP contribution in [0, 0.1) is 0 Å². The molecular weight excluding hydrogens is 222 g/mol. The fourth-order valence-electron chi connectivity index (χ4n) is 2.62. The third-order valence-corrected chi connectivity index (χ3v) is 3.91. The Balaban J connectivity index is 2.14. The molecule has 0 bridgehead atoms. The lowest BCUT2D eigenvalue weighted by molar-refractivity contribution is -0.0316. The molecule has 3 rings (SSSR count). The van der Waals surface area contributed by atoms with Gasteiger partial charge in [-0.15, -0.1) is 0 Å². The summed E-state index contributed by atoms with van der Waals surface area (Å²) in [5.74, 6) is 0.857. The summed E-state index contributed by atoms with van der Waals surface area (Å²) in [6, 6.07) is 0. The van der Waals surface area contributed by atoms with Crippen molar-refractivity contribution in [2.45, 2.75) is 12.0 Å². The average molecular weight is 236 g/mol. The van der Waals surface area contributed by atoms with Crippen molar-refractivity contribution in [3.05, 3.63) is 6.20 Å². The predicted molar refractivity (Wildman–Crippen MR) is 62.8 cm³/mol. The smallest absolute Gasteiger partial charge is 0.265 e. The average Bonchev–Trinajstić information content (AvgIpc) is 2.70. The highest BCUT2D eigenvalue weighted by molar-refractivity contribution is 5.89. The van der Waals surface area contributed by atoms with E-state index in [1.54, 1.807) is 12.5 Å². The highest BCUT2D eigenvalue weighted by atomic mass is 16.3. The molecule has 0 aliphatic carbocycles. The summed E-state index contributed by atoms with van der Waals surface area (Å²) < 4.78 is 0.280. The van der Waals surface area contributed by atoms with Crippen LogP contribution in [0.15, 0.2) is 11.2 Å². The molecule has 1 atom stereocenters. The van der Waals surface area contributed by atoms with E-state index >= 15 is 0 Å². The number of aromatic nitrogens is 2. The summed E-state index contributed by atoms with van der Waals surface area (Å²) in [4.78, 5) is 12.4. The molecule has 0 amide bonds. The lowest BCUT2D eigenvalue weighted by atomic mass is 9.82. The Labute approximate surface area is 97.8 Å². The minimum absolute atomic E-state index is 0.112. The first kappa shape index (κ1) is 10.6. The number of rotatable bonds is 2. The maximum absolute atomic E-state index is 9.55. The summed E-state index contributed by atoms with van der Waals surface area (Å²) in [5, 5.41) is 19.1. The van der Waals surface area contributed by atoms with Crippen LogP contribution in [-0.2, 0) is 0 Å². The van der Waals surface area contributed by atoms with Crippen molar-refractivity contribution in [1.82, 2.24) is 14.5 Å². The van der Waals surface area contributed by atoms with Gasteiger partial charge in [-0.25, -0.2) is 9.47 Å². The van der Waals surface area contributed by atoms with Crippen LogP contribution < -0.4 is 10.2 Å². The Morgan fingerprint density at radius 3 is 2.76 bits per heavy atom. The monoisotopic (exact) mass is 236 g/mol. The molecule has 4 N–H and O–H groups in total. The number of hydrogen-bond donors (Lipinski definition) is 3. The standard InChI is InChI=1S/C10H14N5O2/c11-9-12-3-7-8(14-9)15(6-13-7)2-1-10(15,4-16)5-17/h3,6,16-17H,1-2,4-5H2,(H2,11,12,14)/q+1. The van der Waals surface area contributed by atoms with Gasteiger partial charge in [-0.2, -0.15) is 9.98 Å². The van der Waals surface area contributed by atoms with Crippen LogP contribution in [-0.4, -0.2) is 51.8 Å². The number of aliphatic imine (C=N–C) groups is 1. The Kier molecular flexibility index (Phi) is 2.00. The molecule has 3 heterocycles. The number of hydrogen-bond acceptors (Lipinski definition) is 6. The number of aliphatic hydroxyl groups is 2. The van der Waals surface area contributed by atoms with Crippen LogP contribution >= 0.6 is 0 Å². The molecule has 1 aromatic heterocycles. The molecule has 7 nitrogen and oxygen atoms in total. The summed E-state index contributed by atoms with van der Waals surface area (Å²) in [6.45, 7) is 0.534. The molecular formula is C10H14N5O2+. The molecule has 1 fully saturated rings. The van der Waals surface area contributed by atoms with Crippen LogP contribution in [0.4, 0.5) is 17.5 Å². The van der Waals surface area contributed by atoms with Crippen molar-refractivity contribution in [3.8, 4) is 0 Å². The molecule has 0 saturated carbocycles. The van der Waals surface area contributed by atoms with E-state index in [2.05, 4.69) is 15.0 Å². The number of fused-ring (bicyclic) bond motifs is 2. The van der Waals surface area contributed by atoms with Gasteiger partial charge in [0.15, 0.2) is 17.6 Å². The topological polar surface area (TPSA) is 105 Å². The van der Waals surface area contributed by atoms with E-state index in [-0.39, 0.29) is 23.6 Å². The fourth-order valence-corrected chi connectivity index (χ4v) is 2.62. The lowest BCUT2D eigenvalue weighted by Crippen LogP contribution is -2.77. The SMILES string of the molecule is Nc1ncc2c(n1)[N+]1(C=N2)CCC1(CO)CO. The first-order valence-corrected chi connectivity index (χ1v) is 5.45. The van der Waals surface area contributed by atoms with Gasteiger partial charge in [-0.1, -0.05) is 0 Å². The van der Waals surface area contributed by atoms with Crippen molar-refractivity contribution in [2.75, 3.05) is 25.5 Å². The van der Waals surface area contributed by atoms with E-state index in [0.717, 1.165) is 13.0 Å². The Morgan fingerprint density at radius 2 is 2.18 bits per heavy atom. The molecule has 7 heteroatoms.